The third-order valence-corrected chi connectivity index (χ3v) is 6.98. The van der Waals surface area contributed by atoms with E-state index in [1.165, 1.54) is 28.7 Å². The van der Waals surface area contributed by atoms with Gasteiger partial charge in [-0.3, -0.25) is 15.0 Å². The van der Waals surface area contributed by atoms with Crippen LogP contribution in [0, 0.1) is 5.53 Å². The summed E-state index contributed by atoms with van der Waals surface area (Å²) in [5.41, 5.74) is 14.9. The first-order chi connectivity index (χ1) is 20.0. The summed E-state index contributed by atoms with van der Waals surface area (Å²) in [6.07, 6.45) is 1.89. The van der Waals surface area contributed by atoms with Gasteiger partial charge in [0.1, 0.15) is 0 Å². The maximum atomic E-state index is 13.5. The van der Waals surface area contributed by atoms with E-state index in [9.17, 15) is 22.8 Å². The SMILES string of the molecule is N=NN=C(N)NC(=O)c1ccc(CN(C(=O)Nc2cc(Br)cc(C(F)(F)F)c2)c2ccc(C3=CCCCC3)cc2)cc1. The van der Waals surface area contributed by atoms with E-state index in [-0.39, 0.29) is 28.2 Å². The van der Waals surface area contributed by atoms with E-state index in [4.69, 9.17) is 11.3 Å². The number of urea groups is 1. The Morgan fingerprint density at radius 1 is 1.02 bits per heavy atom. The average molecular weight is 642 g/mol. The highest BCUT2D eigenvalue weighted by Gasteiger charge is 2.31. The van der Waals surface area contributed by atoms with E-state index in [2.05, 4.69) is 43.0 Å². The molecular formula is C29H27BrF3N7O2. The van der Waals surface area contributed by atoms with Crippen LogP contribution in [0.25, 0.3) is 5.57 Å². The number of nitrogens with two attached hydrogens (primary N) is 1. The summed E-state index contributed by atoms with van der Waals surface area (Å²) in [5, 5.41) is 10.9. The monoisotopic (exact) mass is 641 g/mol. The molecule has 218 valence electrons. The number of carbonyl (C=O) groups excluding carboxylic acids is 2. The molecule has 0 aromatic heterocycles. The number of halogens is 4. The number of nitrogens with one attached hydrogen (secondary N) is 3. The second-order valence-corrected chi connectivity index (χ2v) is 10.4. The van der Waals surface area contributed by atoms with Gasteiger partial charge in [-0.05, 0) is 90.1 Å². The molecule has 0 saturated heterocycles. The molecule has 1 aliphatic rings. The van der Waals surface area contributed by atoms with E-state index >= 15 is 0 Å². The van der Waals surface area contributed by atoms with Crippen molar-refractivity contribution in [2.75, 3.05) is 10.2 Å². The molecule has 1 aliphatic carbocycles. The van der Waals surface area contributed by atoms with Crippen LogP contribution < -0.4 is 21.3 Å². The second kappa shape index (κ2) is 13.4. The van der Waals surface area contributed by atoms with Crippen molar-refractivity contribution in [2.24, 2.45) is 16.1 Å². The molecule has 0 radical (unpaired) electrons. The Hall–Kier alpha value is -4.52. The fourth-order valence-corrected chi connectivity index (χ4v) is 4.96. The maximum Gasteiger partial charge on any atom is 0.416 e. The Morgan fingerprint density at radius 3 is 2.36 bits per heavy atom. The largest absolute Gasteiger partial charge is 0.416 e. The fourth-order valence-electron chi connectivity index (χ4n) is 4.46. The summed E-state index contributed by atoms with van der Waals surface area (Å²) in [6.45, 7) is 0.0528. The number of amides is 3. The number of anilines is 2. The van der Waals surface area contributed by atoms with Crippen molar-refractivity contribution in [1.29, 1.82) is 5.53 Å². The third kappa shape index (κ3) is 8.03. The van der Waals surface area contributed by atoms with Crippen LogP contribution in [0.4, 0.5) is 29.3 Å². The molecule has 3 aromatic carbocycles. The van der Waals surface area contributed by atoms with Crippen molar-refractivity contribution in [3.05, 3.63) is 99.5 Å². The molecule has 0 bridgehead atoms. The summed E-state index contributed by atoms with van der Waals surface area (Å²) in [7, 11) is 0. The molecule has 0 spiro atoms. The quantitative estimate of drug-likeness (QED) is 0.0912. The van der Waals surface area contributed by atoms with E-state index in [1.807, 2.05) is 12.1 Å². The van der Waals surface area contributed by atoms with Gasteiger partial charge in [0.25, 0.3) is 5.91 Å². The first kappa shape index (κ1) is 30.4. The number of hydrogen-bond acceptors (Lipinski definition) is 4. The maximum absolute atomic E-state index is 13.5. The topological polar surface area (TPSA) is 136 Å². The van der Waals surface area contributed by atoms with E-state index in [0.29, 0.717) is 11.3 Å². The number of guanidine groups is 1. The highest BCUT2D eigenvalue weighted by molar-refractivity contribution is 9.10. The van der Waals surface area contributed by atoms with E-state index in [0.717, 1.165) is 43.4 Å². The van der Waals surface area contributed by atoms with Gasteiger partial charge in [0.2, 0.25) is 5.96 Å². The van der Waals surface area contributed by atoms with Gasteiger partial charge in [-0.25, -0.2) is 4.79 Å². The predicted molar refractivity (Wildman–Crippen MR) is 158 cm³/mol. The first-order valence-corrected chi connectivity index (χ1v) is 13.7. The van der Waals surface area contributed by atoms with Gasteiger partial charge < -0.3 is 11.1 Å². The molecule has 0 unspecified atom stereocenters. The Bertz CT molecular complexity index is 1520. The lowest BCUT2D eigenvalue weighted by atomic mass is 9.93. The van der Waals surface area contributed by atoms with Gasteiger partial charge in [0.05, 0.1) is 12.1 Å². The number of nitrogens with zero attached hydrogens (tertiary/aromatic N) is 3. The highest BCUT2D eigenvalue weighted by Crippen LogP contribution is 2.34. The zero-order valence-electron chi connectivity index (χ0n) is 22.2. The molecule has 4 rings (SSSR count). The molecule has 0 saturated carbocycles. The zero-order chi connectivity index (χ0) is 30.3. The lowest BCUT2D eigenvalue weighted by molar-refractivity contribution is -0.137. The van der Waals surface area contributed by atoms with Gasteiger partial charge >= 0.3 is 12.2 Å². The number of hydrogen-bond donors (Lipinski definition) is 4. The normalized spacial score (nSPS) is 13.6. The minimum atomic E-state index is -4.59. The van der Waals surface area contributed by atoms with Crippen molar-refractivity contribution in [3.63, 3.8) is 0 Å². The molecule has 3 aromatic rings. The van der Waals surface area contributed by atoms with Crippen molar-refractivity contribution >= 4 is 50.8 Å². The van der Waals surface area contributed by atoms with Gasteiger partial charge in [0.15, 0.2) is 0 Å². The van der Waals surface area contributed by atoms with Crippen LogP contribution in [0.3, 0.4) is 0 Å². The van der Waals surface area contributed by atoms with Crippen LogP contribution >= 0.6 is 15.9 Å². The summed E-state index contributed by atoms with van der Waals surface area (Å²) in [6, 6.07) is 16.3. The second-order valence-electron chi connectivity index (χ2n) is 9.50. The minimum Gasteiger partial charge on any atom is -0.368 e. The summed E-state index contributed by atoms with van der Waals surface area (Å²) >= 11 is 3.09. The summed E-state index contributed by atoms with van der Waals surface area (Å²) in [4.78, 5) is 27.3. The Labute approximate surface area is 248 Å². The molecule has 5 N–H and O–H groups in total. The van der Waals surface area contributed by atoms with Crippen molar-refractivity contribution in [1.82, 2.24) is 5.32 Å². The molecule has 0 aliphatic heterocycles. The molecule has 9 nitrogen and oxygen atoms in total. The van der Waals surface area contributed by atoms with Crippen LogP contribution in [0.15, 0.2) is 87.6 Å². The van der Waals surface area contributed by atoms with Crippen molar-refractivity contribution in [2.45, 2.75) is 38.4 Å². The molecule has 0 heterocycles. The van der Waals surface area contributed by atoms with Gasteiger partial charge in [-0.15, -0.1) is 0 Å². The Morgan fingerprint density at radius 2 is 1.74 bits per heavy atom. The summed E-state index contributed by atoms with van der Waals surface area (Å²) < 4.78 is 40.3. The lowest BCUT2D eigenvalue weighted by Gasteiger charge is -2.24. The van der Waals surface area contributed by atoms with Gasteiger partial charge in [0, 0.05) is 21.4 Å². The summed E-state index contributed by atoms with van der Waals surface area (Å²) in [5.74, 6) is -0.903. The van der Waals surface area contributed by atoms with Crippen molar-refractivity contribution < 1.29 is 22.8 Å². The Kier molecular flexibility index (Phi) is 9.73. The lowest BCUT2D eigenvalue weighted by Crippen LogP contribution is -2.36. The molecule has 0 atom stereocenters. The number of rotatable bonds is 7. The van der Waals surface area contributed by atoms with E-state index in [1.54, 1.807) is 24.3 Å². The van der Waals surface area contributed by atoms with Crippen LogP contribution in [0.2, 0.25) is 0 Å². The number of allylic oxidation sites excluding steroid dienone is 2. The highest BCUT2D eigenvalue weighted by atomic mass is 79.9. The third-order valence-electron chi connectivity index (χ3n) is 6.52. The molecule has 13 heteroatoms. The predicted octanol–water partition coefficient (Wildman–Crippen LogP) is 7.65. The van der Waals surface area contributed by atoms with Gasteiger partial charge in [-0.2, -0.15) is 18.7 Å². The number of carbonyl (C=O) groups is 2. The Balaban J connectivity index is 1.60. The smallest absolute Gasteiger partial charge is 0.368 e. The molecule has 42 heavy (non-hydrogen) atoms. The van der Waals surface area contributed by atoms with E-state index < -0.39 is 23.7 Å². The first-order valence-electron chi connectivity index (χ1n) is 12.9. The number of benzene rings is 3. The standard InChI is InChI=1S/C29H27BrF3N7O2/c30-23-14-22(29(31,32)33)15-24(16-23)36-28(42)40(25-12-10-20(11-13-25)19-4-2-1-3-5-19)17-18-6-8-21(9-7-18)26(41)37-27(34)38-39-35/h4,6-16H,1-3,5,17H2,(H,36,42)(H4,34,35,37,38,41). The average Bonchev–Trinajstić information content (AvgIpc) is 2.96. The van der Waals surface area contributed by atoms with Crippen LogP contribution in [0.5, 0.6) is 0 Å². The number of alkyl halides is 3. The zero-order valence-corrected chi connectivity index (χ0v) is 23.8. The minimum absolute atomic E-state index is 0.0265. The fraction of sp³-hybridized carbons (Fsp3) is 0.207. The molecular weight excluding hydrogens is 615 g/mol. The molecule has 3 amide bonds. The van der Waals surface area contributed by atoms with Crippen LogP contribution in [-0.4, -0.2) is 17.9 Å². The molecule has 0 fully saturated rings. The van der Waals surface area contributed by atoms with Crippen LogP contribution in [-0.2, 0) is 12.7 Å². The van der Waals surface area contributed by atoms with Gasteiger partial charge in [-0.1, -0.05) is 51.4 Å². The van der Waals surface area contributed by atoms with Crippen molar-refractivity contribution in [3.8, 4) is 0 Å². The van der Waals surface area contributed by atoms with Crippen LogP contribution in [0.1, 0.15) is 52.7 Å².